The van der Waals surface area contributed by atoms with Crippen LogP contribution in [0, 0.1) is 17.0 Å². The van der Waals surface area contributed by atoms with Crippen molar-refractivity contribution in [3.05, 3.63) is 47.7 Å². The van der Waals surface area contributed by atoms with Crippen LogP contribution < -0.4 is 10.6 Å². The summed E-state index contributed by atoms with van der Waals surface area (Å²) in [5.41, 5.74) is 4.60. The molecular formula is C17H18F2N4O2. The van der Waals surface area contributed by atoms with E-state index in [1.807, 2.05) is 4.90 Å². The van der Waals surface area contributed by atoms with E-state index in [9.17, 15) is 18.7 Å². The second-order valence-corrected chi connectivity index (χ2v) is 6.30. The standard InChI is InChI=1S/C17H18F2N4O2/c18-12-3-2-11(13(19)8-12)9-17(15(24)25)5-1-7-23(10-17)14-4-6-21-16(20)22-14/h2-4,6,8H,1,5,7,9-10H2,(H,24,25)(H2,20,21,22)/t17-/m0/s1. The molecule has 0 bridgehead atoms. The molecule has 3 rings (SSSR count). The molecular weight excluding hydrogens is 330 g/mol. The van der Waals surface area contributed by atoms with E-state index < -0.39 is 23.0 Å². The normalized spacial score (nSPS) is 20.5. The molecule has 1 aliphatic heterocycles. The monoisotopic (exact) mass is 348 g/mol. The Morgan fingerprint density at radius 3 is 2.84 bits per heavy atom. The van der Waals surface area contributed by atoms with Crippen molar-refractivity contribution in [2.45, 2.75) is 19.3 Å². The predicted molar refractivity (Wildman–Crippen MR) is 88.0 cm³/mol. The molecule has 1 aromatic heterocycles. The molecule has 3 N–H and O–H groups in total. The fourth-order valence-corrected chi connectivity index (χ4v) is 3.29. The van der Waals surface area contributed by atoms with Gasteiger partial charge in [0.1, 0.15) is 17.5 Å². The van der Waals surface area contributed by atoms with Gasteiger partial charge >= 0.3 is 5.97 Å². The third-order valence-electron chi connectivity index (χ3n) is 4.56. The van der Waals surface area contributed by atoms with E-state index in [-0.39, 0.29) is 24.5 Å². The number of carboxylic acids is 1. The first-order valence-electron chi connectivity index (χ1n) is 7.90. The zero-order valence-electron chi connectivity index (χ0n) is 13.5. The van der Waals surface area contributed by atoms with Gasteiger partial charge in [0.15, 0.2) is 0 Å². The molecule has 1 fully saturated rings. The Morgan fingerprint density at radius 1 is 1.36 bits per heavy atom. The van der Waals surface area contributed by atoms with E-state index in [4.69, 9.17) is 5.73 Å². The lowest BCUT2D eigenvalue weighted by Gasteiger charge is -2.40. The van der Waals surface area contributed by atoms with E-state index in [1.54, 1.807) is 6.07 Å². The Kier molecular flexibility index (Phi) is 4.52. The maximum Gasteiger partial charge on any atom is 0.311 e. The molecule has 1 aliphatic rings. The summed E-state index contributed by atoms with van der Waals surface area (Å²) in [4.78, 5) is 21.8. The Hall–Kier alpha value is -2.77. The fourth-order valence-electron chi connectivity index (χ4n) is 3.29. The maximum atomic E-state index is 14.0. The highest BCUT2D eigenvalue weighted by atomic mass is 19.1. The number of nitrogens with two attached hydrogens (primary N) is 1. The number of piperidine rings is 1. The van der Waals surface area contributed by atoms with Crippen LogP contribution >= 0.6 is 0 Å². The van der Waals surface area contributed by atoms with Gasteiger partial charge in [-0.15, -0.1) is 0 Å². The van der Waals surface area contributed by atoms with Crippen molar-refractivity contribution in [1.82, 2.24) is 9.97 Å². The van der Waals surface area contributed by atoms with Crippen molar-refractivity contribution in [2.75, 3.05) is 23.7 Å². The zero-order chi connectivity index (χ0) is 18.0. The molecule has 132 valence electrons. The van der Waals surface area contributed by atoms with Gasteiger partial charge < -0.3 is 15.7 Å². The summed E-state index contributed by atoms with van der Waals surface area (Å²) in [5, 5.41) is 9.83. The van der Waals surface area contributed by atoms with Crippen LogP contribution in [0.2, 0.25) is 0 Å². The van der Waals surface area contributed by atoms with E-state index in [2.05, 4.69) is 9.97 Å². The number of aromatic nitrogens is 2. The quantitative estimate of drug-likeness (QED) is 0.880. The van der Waals surface area contributed by atoms with Crippen molar-refractivity contribution in [3.63, 3.8) is 0 Å². The highest BCUT2D eigenvalue weighted by Gasteiger charge is 2.43. The van der Waals surface area contributed by atoms with Crippen molar-refractivity contribution >= 4 is 17.7 Å². The van der Waals surface area contributed by atoms with E-state index in [1.165, 1.54) is 12.3 Å². The molecule has 6 nitrogen and oxygen atoms in total. The first kappa shape index (κ1) is 17.1. The fraction of sp³-hybridized carbons (Fsp3) is 0.353. The number of nitrogens with zero attached hydrogens (tertiary/aromatic N) is 3. The molecule has 1 saturated heterocycles. The Bertz CT molecular complexity index is 802. The number of benzene rings is 1. The van der Waals surface area contributed by atoms with Gasteiger partial charge in [0.25, 0.3) is 0 Å². The number of aliphatic carboxylic acids is 1. The van der Waals surface area contributed by atoms with E-state index in [0.29, 0.717) is 25.2 Å². The summed E-state index contributed by atoms with van der Waals surface area (Å²) in [6, 6.07) is 4.88. The topological polar surface area (TPSA) is 92.3 Å². The van der Waals surface area contributed by atoms with E-state index in [0.717, 1.165) is 12.1 Å². The molecule has 2 aromatic rings. The number of halogens is 2. The third kappa shape index (κ3) is 3.52. The first-order chi connectivity index (χ1) is 11.9. The lowest BCUT2D eigenvalue weighted by atomic mass is 9.75. The van der Waals surface area contributed by atoms with Crippen LogP contribution in [0.25, 0.3) is 0 Å². The number of nitrogen functional groups attached to an aromatic ring is 1. The number of rotatable bonds is 4. The van der Waals surface area contributed by atoms with E-state index >= 15 is 0 Å². The Morgan fingerprint density at radius 2 is 2.16 bits per heavy atom. The molecule has 1 aromatic carbocycles. The molecule has 0 amide bonds. The minimum atomic E-state index is -1.18. The molecule has 0 saturated carbocycles. The van der Waals surface area contributed by atoms with Gasteiger partial charge in [0.2, 0.25) is 5.95 Å². The lowest BCUT2D eigenvalue weighted by Crippen LogP contribution is -2.49. The van der Waals surface area contributed by atoms with Crippen molar-refractivity contribution in [2.24, 2.45) is 5.41 Å². The molecule has 0 aliphatic carbocycles. The second-order valence-electron chi connectivity index (χ2n) is 6.30. The Balaban J connectivity index is 1.90. The van der Waals surface area contributed by atoms with Crippen molar-refractivity contribution in [1.29, 1.82) is 0 Å². The van der Waals surface area contributed by atoms with Gasteiger partial charge in [0, 0.05) is 25.4 Å². The molecule has 0 spiro atoms. The summed E-state index contributed by atoms with van der Waals surface area (Å²) in [6.45, 7) is 0.785. The molecule has 1 atom stereocenters. The van der Waals surface area contributed by atoms with Crippen LogP contribution in [0.15, 0.2) is 30.5 Å². The van der Waals surface area contributed by atoms with Crippen LogP contribution in [0.4, 0.5) is 20.5 Å². The smallest absolute Gasteiger partial charge is 0.311 e. The summed E-state index contributed by atoms with van der Waals surface area (Å²) in [7, 11) is 0. The maximum absolute atomic E-state index is 14.0. The SMILES string of the molecule is Nc1nccc(N2CCC[C@@](Cc3ccc(F)cc3F)(C(=O)O)C2)n1. The van der Waals surface area contributed by atoms with Gasteiger partial charge in [-0.1, -0.05) is 6.07 Å². The predicted octanol–water partition coefficient (Wildman–Crippen LogP) is 2.25. The average Bonchev–Trinajstić information content (AvgIpc) is 2.57. The van der Waals surface area contributed by atoms with Gasteiger partial charge in [0.05, 0.1) is 5.41 Å². The Labute approximate surface area is 143 Å². The van der Waals surface area contributed by atoms with Crippen LogP contribution in [-0.2, 0) is 11.2 Å². The van der Waals surface area contributed by atoms with Crippen LogP contribution in [0.1, 0.15) is 18.4 Å². The number of hydrogen-bond donors (Lipinski definition) is 2. The highest BCUT2D eigenvalue weighted by molar-refractivity contribution is 5.76. The van der Waals surface area contributed by atoms with Crippen LogP contribution in [-0.4, -0.2) is 34.1 Å². The molecule has 0 radical (unpaired) electrons. The van der Waals surface area contributed by atoms with Crippen molar-refractivity contribution in [3.8, 4) is 0 Å². The van der Waals surface area contributed by atoms with Crippen LogP contribution in [0.3, 0.4) is 0 Å². The minimum absolute atomic E-state index is 0.0223. The summed E-state index contributed by atoms with van der Waals surface area (Å²) < 4.78 is 27.1. The molecule has 0 unspecified atom stereocenters. The lowest BCUT2D eigenvalue weighted by molar-refractivity contribution is -0.149. The number of carboxylic acid groups (broad SMARTS) is 1. The van der Waals surface area contributed by atoms with Gasteiger partial charge in [-0.05, 0) is 37.0 Å². The van der Waals surface area contributed by atoms with Gasteiger partial charge in [-0.25, -0.2) is 13.8 Å². The largest absolute Gasteiger partial charge is 0.481 e. The zero-order valence-corrected chi connectivity index (χ0v) is 13.5. The summed E-state index contributed by atoms with van der Waals surface area (Å²) in [6.07, 6.45) is 2.50. The van der Waals surface area contributed by atoms with Gasteiger partial charge in [-0.3, -0.25) is 4.79 Å². The number of hydrogen-bond acceptors (Lipinski definition) is 5. The highest BCUT2D eigenvalue weighted by Crippen LogP contribution is 2.36. The second kappa shape index (κ2) is 6.62. The average molecular weight is 348 g/mol. The first-order valence-corrected chi connectivity index (χ1v) is 7.90. The molecule has 25 heavy (non-hydrogen) atoms. The van der Waals surface area contributed by atoms with Gasteiger partial charge in [-0.2, -0.15) is 4.98 Å². The third-order valence-corrected chi connectivity index (χ3v) is 4.56. The number of carbonyl (C=O) groups is 1. The number of anilines is 2. The molecule has 8 heteroatoms. The minimum Gasteiger partial charge on any atom is -0.481 e. The van der Waals surface area contributed by atoms with Crippen LogP contribution in [0.5, 0.6) is 0 Å². The molecule has 2 heterocycles. The summed E-state index contributed by atoms with van der Waals surface area (Å²) in [5.74, 6) is -1.79. The van der Waals surface area contributed by atoms with Crippen molar-refractivity contribution < 1.29 is 18.7 Å². The summed E-state index contributed by atoms with van der Waals surface area (Å²) >= 11 is 0.